The van der Waals surface area contributed by atoms with Crippen molar-refractivity contribution in [3.8, 4) is 11.4 Å². The molecule has 0 saturated heterocycles. The van der Waals surface area contributed by atoms with Gasteiger partial charge in [0.2, 0.25) is 0 Å². The van der Waals surface area contributed by atoms with Gasteiger partial charge in [0.05, 0.1) is 22.1 Å². The second-order valence-corrected chi connectivity index (χ2v) is 21.0. The van der Waals surface area contributed by atoms with Gasteiger partial charge in [-0.2, -0.15) is 0 Å². The van der Waals surface area contributed by atoms with Gasteiger partial charge in [-0.15, -0.1) is 10.0 Å². The number of fused-ring (bicyclic) bond motifs is 6. The van der Waals surface area contributed by atoms with E-state index in [0.29, 0.717) is 0 Å². The lowest BCUT2D eigenvalue weighted by molar-refractivity contribution is 0.590. The zero-order chi connectivity index (χ0) is 40.5. The van der Waals surface area contributed by atoms with Crippen LogP contribution in [-0.2, 0) is 10.8 Å². The van der Waals surface area contributed by atoms with E-state index in [1.807, 2.05) is 0 Å². The van der Waals surface area contributed by atoms with E-state index in [1.54, 1.807) is 0 Å². The van der Waals surface area contributed by atoms with Crippen molar-refractivity contribution in [2.24, 2.45) is 0 Å². The van der Waals surface area contributed by atoms with Crippen molar-refractivity contribution < 1.29 is 0 Å². The van der Waals surface area contributed by atoms with Gasteiger partial charge in [0.1, 0.15) is 0 Å². The summed E-state index contributed by atoms with van der Waals surface area (Å²) >= 11 is 0. The Balaban J connectivity index is 1.21. The molecule has 59 heavy (non-hydrogen) atoms. The molecule has 0 saturated carbocycles. The average Bonchev–Trinajstić information content (AvgIpc) is 3.76. The van der Waals surface area contributed by atoms with Crippen molar-refractivity contribution >= 4 is 53.6 Å². The van der Waals surface area contributed by atoms with Gasteiger partial charge in [0.15, 0.2) is 0 Å². The largest absolute Gasteiger partial charge is 0.309 e. The van der Waals surface area contributed by atoms with E-state index in [-0.39, 0.29) is 10.8 Å². The fourth-order valence-electron chi connectivity index (χ4n) is 9.12. The zero-order valence-corrected chi connectivity index (χ0v) is 35.6. The van der Waals surface area contributed by atoms with Gasteiger partial charge in [-0.1, -0.05) is 133 Å². The Morgan fingerprint density at radius 2 is 0.695 bits per heavy atom. The molecule has 0 N–H and O–H groups in total. The molecule has 0 aliphatic carbocycles. The third kappa shape index (κ3) is 6.02. The lowest BCUT2D eigenvalue weighted by Gasteiger charge is -2.42. The van der Waals surface area contributed by atoms with Crippen LogP contribution in [-0.4, -0.2) is 9.13 Å². The molecule has 3 heteroatoms. The molecule has 0 amide bonds. The summed E-state index contributed by atoms with van der Waals surface area (Å²) in [5, 5.41) is 5.09. The lowest BCUT2D eigenvalue weighted by Crippen LogP contribution is -2.10. The first-order valence-electron chi connectivity index (χ1n) is 20.8. The van der Waals surface area contributed by atoms with Gasteiger partial charge in [-0.05, 0) is 125 Å². The Morgan fingerprint density at radius 3 is 1.19 bits per heavy atom. The zero-order valence-electron chi connectivity index (χ0n) is 34.8. The Bertz CT molecular complexity index is 2990. The van der Waals surface area contributed by atoms with Gasteiger partial charge in [-0.25, -0.2) is 0 Å². The summed E-state index contributed by atoms with van der Waals surface area (Å²) < 4.78 is 4.95. The minimum absolute atomic E-state index is 0.0483. The van der Waals surface area contributed by atoms with Crippen LogP contribution < -0.4 is 0 Å². The first-order chi connectivity index (χ1) is 28.5. The fourth-order valence-corrected chi connectivity index (χ4v) is 13.0. The van der Waals surface area contributed by atoms with Crippen LogP contribution in [0.4, 0.5) is 0 Å². The molecule has 0 unspecified atom stereocenters. The van der Waals surface area contributed by atoms with Crippen LogP contribution in [0.15, 0.2) is 214 Å². The Kier molecular flexibility index (Phi) is 8.74. The number of para-hydroxylation sites is 1. The van der Waals surface area contributed by atoms with E-state index in [2.05, 4.69) is 245 Å². The van der Waals surface area contributed by atoms with Gasteiger partial charge >= 0.3 is 0 Å². The maximum Gasteiger partial charge on any atom is 0.0542 e. The van der Waals surface area contributed by atoms with Gasteiger partial charge < -0.3 is 9.13 Å². The molecule has 8 aromatic carbocycles. The van der Waals surface area contributed by atoms with Gasteiger partial charge in [-0.3, -0.25) is 0 Å². The number of benzene rings is 8. The maximum absolute atomic E-state index is 2.48. The minimum atomic E-state index is -1.85. The number of rotatable bonds is 6. The Labute approximate surface area is 349 Å². The summed E-state index contributed by atoms with van der Waals surface area (Å²) in [5.41, 5.74) is 9.98. The molecule has 290 valence electrons. The van der Waals surface area contributed by atoms with Crippen LogP contribution >= 0.6 is 10.0 Å². The number of nitrogens with zero attached hydrogens (tertiary/aromatic N) is 2. The molecule has 0 radical (unpaired) electrons. The second kappa shape index (κ2) is 13.9. The van der Waals surface area contributed by atoms with E-state index in [4.69, 9.17) is 0 Å². The van der Waals surface area contributed by atoms with Crippen molar-refractivity contribution in [2.45, 2.75) is 72.0 Å². The summed E-state index contributed by atoms with van der Waals surface area (Å²) in [6.45, 7) is 13.8. The molecule has 10 rings (SSSR count). The summed E-state index contributed by atoms with van der Waals surface area (Å²) in [7, 11) is -1.85. The highest BCUT2D eigenvalue weighted by atomic mass is 32.3. The maximum atomic E-state index is 2.48. The summed E-state index contributed by atoms with van der Waals surface area (Å²) in [4.78, 5) is 5.25. The highest BCUT2D eigenvalue weighted by molar-refractivity contribution is 8.34. The van der Waals surface area contributed by atoms with Gasteiger partial charge in [0, 0.05) is 52.5 Å². The quantitative estimate of drug-likeness (QED) is 0.159. The summed E-state index contributed by atoms with van der Waals surface area (Å²) in [5.74, 6) is 0. The highest BCUT2D eigenvalue weighted by Crippen LogP contribution is 2.73. The molecule has 0 aliphatic rings. The standard InChI is InChI=1S/C56H50N2S/c1-55(2,3)39-29-32-52-48(35-39)49-36-40(56(4,5)6)30-33-53(49)58(52)42-31-34-54-50(38-42)47-27-16-17-28-51(47)57(54)41-19-18-26-46(37-41)59(43-20-10-7-11-21-43,44-22-12-8-13-23-44)45-24-14-9-15-25-45/h7-38H,1-6H3. The molecule has 0 atom stereocenters. The lowest BCUT2D eigenvalue weighted by atomic mass is 9.85. The molecule has 2 heterocycles. The van der Waals surface area contributed by atoms with Crippen LogP contribution in [0.5, 0.6) is 0 Å². The summed E-state index contributed by atoms with van der Waals surface area (Å²) in [6.07, 6.45) is 0. The first kappa shape index (κ1) is 37.0. The van der Waals surface area contributed by atoms with Crippen molar-refractivity contribution in [2.75, 3.05) is 0 Å². The fraction of sp³-hybridized carbons (Fsp3) is 0.143. The van der Waals surface area contributed by atoms with Crippen molar-refractivity contribution in [1.29, 1.82) is 0 Å². The van der Waals surface area contributed by atoms with Crippen LogP contribution in [0.1, 0.15) is 52.7 Å². The van der Waals surface area contributed by atoms with E-state index in [9.17, 15) is 0 Å². The molecule has 0 fully saturated rings. The third-order valence-corrected chi connectivity index (χ3v) is 16.0. The van der Waals surface area contributed by atoms with Crippen LogP contribution in [0.2, 0.25) is 0 Å². The van der Waals surface area contributed by atoms with Crippen molar-refractivity contribution in [3.63, 3.8) is 0 Å². The van der Waals surface area contributed by atoms with Gasteiger partial charge in [0.25, 0.3) is 0 Å². The van der Waals surface area contributed by atoms with Crippen molar-refractivity contribution in [1.82, 2.24) is 9.13 Å². The van der Waals surface area contributed by atoms with E-state index >= 15 is 0 Å². The minimum Gasteiger partial charge on any atom is -0.309 e. The number of hydrogen-bond donors (Lipinski definition) is 0. The normalized spacial score (nSPS) is 12.8. The molecule has 2 nitrogen and oxygen atoms in total. The molecule has 2 aromatic heterocycles. The Hall–Kier alpha value is -6.29. The summed E-state index contributed by atoms with van der Waals surface area (Å²) in [6, 6.07) is 72.8. The SMILES string of the molecule is CC(C)(C)c1ccc2c(c1)c1cc(C(C)(C)C)ccc1n2-c1ccc2c(c1)c1ccccc1n2-c1cccc(S(c2ccccc2)(c2ccccc2)c2ccccc2)c1. The molecular weight excluding hydrogens is 733 g/mol. The smallest absolute Gasteiger partial charge is 0.0542 e. The van der Waals surface area contributed by atoms with Crippen LogP contribution in [0, 0.1) is 0 Å². The van der Waals surface area contributed by atoms with E-state index < -0.39 is 10.0 Å². The molecule has 0 spiro atoms. The highest BCUT2D eigenvalue weighted by Gasteiger charge is 2.33. The molecule has 0 aliphatic heterocycles. The number of hydrogen-bond acceptors (Lipinski definition) is 0. The van der Waals surface area contributed by atoms with Crippen LogP contribution in [0.25, 0.3) is 55.0 Å². The third-order valence-electron chi connectivity index (χ3n) is 12.1. The second-order valence-electron chi connectivity index (χ2n) is 17.9. The molecular formula is C56H50N2S. The van der Waals surface area contributed by atoms with Crippen molar-refractivity contribution in [3.05, 3.63) is 205 Å². The first-order valence-corrected chi connectivity index (χ1v) is 22.4. The van der Waals surface area contributed by atoms with E-state index in [1.165, 1.54) is 80.0 Å². The predicted molar refractivity (Wildman–Crippen MR) is 253 cm³/mol. The molecule has 10 aromatic rings. The number of aromatic nitrogens is 2. The monoisotopic (exact) mass is 782 g/mol. The average molecular weight is 783 g/mol. The molecule has 0 bridgehead atoms. The Morgan fingerprint density at radius 1 is 0.305 bits per heavy atom. The predicted octanol–water partition coefficient (Wildman–Crippen LogP) is 15.8. The van der Waals surface area contributed by atoms with E-state index in [0.717, 1.165) is 5.69 Å². The topological polar surface area (TPSA) is 9.86 Å². The van der Waals surface area contributed by atoms with Crippen LogP contribution in [0.3, 0.4) is 0 Å².